The van der Waals surface area contributed by atoms with Crippen molar-refractivity contribution in [1.82, 2.24) is 0 Å². The summed E-state index contributed by atoms with van der Waals surface area (Å²) in [6.45, 7) is 1.02. The largest absolute Gasteiger partial charge is 0.396 e. The minimum Gasteiger partial charge on any atom is -0.396 e. The first-order valence-electron chi connectivity index (χ1n) is 6.73. The summed E-state index contributed by atoms with van der Waals surface area (Å²) in [6.07, 6.45) is 3.70. The summed E-state index contributed by atoms with van der Waals surface area (Å²) in [4.78, 5) is 12.6. The number of hydrogen-bond donors (Lipinski definition) is 1. The van der Waals surface area contributed by atoms with Crippen LogP contribution in [0.2, 0.25) is 0 Å². The predicted octanol–water partition coefficient (Wildman–Crippen LogP) is 2.21. The summed E-state index contributed by atoms with van der Waals surface area (Å²) < 4.78 is 0. The highest BCUT2D eigenvalue weighted by Gasteiger charge is 2.26. The quantitative estimate of drug-likeness (QED) is 0.657. The van der Waals surface area contributed by atoms with E-state index in [-0.39, 0.29) is 17.9 Å². The molecule has 1 N–H and O–H groups in total. The number of aliphatic hydroxyl groups excluding tert-OH is 1. The Bertz CT molecular complexity index is 539. The van der Waals surface area contributed by atoms with Crippen LogP contribution in [0.5, 0.6) is 0 Å². The van der Waals surface area contributed by atoms with Crippen molar-refractivity contribution in [2.45, 2.75) is 31.7 Å². The lowest BCUT2D eigenvalue weighted by Crippen LogP contribution is -2.29. The Labute approximate surface area is 117 Å². The molecule has 0 saturated carbocycles. The fourth-order valence-corrected chi connectivity index (χ4v) is 2.75. The molecule has 0 radical (unpaired) electrons. The van der Waals surface area contributed by atoms with Gasteiger partial charge in [0.25, 0.3) is 5.69 Å². The van der Waals surface area contributed by atoms with E-state index in [4.69, 9.17) is 10.4 Å². The maximum atomic E-state index is 11.0. The van der Waals surface area contributed by atoms with E-state index in [2.05, 4.69) is 4.90 Å². The highest BCUT2D eigenvalue weighted by Crippen LogP contribution is 2.31. The average Bonchev–Trinajstić information content (AvgIpc) is 2.92. The van der Waals surface area contributed by atoms with Crippen LogP contribution in [0.25, 0.3) is 0 Å². The minimum atomic E-state index is -0.513. The van der Waals surface area contributed by atoms with Gasteiger partial charge >= 0.3 is 0 Å². The lowest BCUT2D eigenvalue weighted by molar-refractivity contribution is -0.385. The van der Waals surface area contributed by atoms with Crippen molar-refractivity contribution < 1.29 is 10.0 Å². The second kappa shape index (κ2) is 6.35. The Morgan fingerprint density at radius 3 is 3.00 bits per heavy atom. The summed E-state index contributed by atoms with van der Waals surface area (Å²) >= 11 is 0. The van der Waals surface area contributed by atoms with Gasteiger partial charge in [0.1, 0.15) is 11.6 Å². The Balaban J connectivity index is 2.26. The maximum absolute atomic E-state index is 11.0. The first-order chi connectivity index (χ1) is 9.67. The Morgan fingerprint density at radius 1 is 1.55 bits per heavy atom. The molecule has 2 rings (SSSR count). The third-order valence-corrected chi connectivity index (χ3v) is 3.70. The van der Waals surface area contributed by atoms with Crippen LogP contribution in [0.15, 0.2) is 18.2 Å². The molecule has 1 heterocycles. The summed E-state index contributed by atoms with van der Waals surface area (Å²) in [5.74, 6) is 0. The first-order valence-corrected chi connectivity index (χ1v) is 6.73. The smallest absolute Gasteiger partial charge is 0.289 e. The van der Waals surface area contributed by atoms with Gasteiger partial charge in [-0.3, -0.25) is 10.1 Å². The fourth-order valence-electron chi connectivity index (χ4n) is 2.75. The van der Waals surface area contributed by atoms with Crippen molar-refractivity contribution in [3.63, 3.8) is 0 Å². The monoisotopic (exact) mass is 275 g/mol. The van der Waals surface area contributed by atoms with Gasteiger partial charge in [-0.2, -0.15) is 5.26 Å². The first kappa shape index (κ1) is 14.3. The van der Waals surface area contributed by atoms with Crippen LogP contribution in [0.1, 0.15) is 31.2 Å². The van der Waals surface area contributed by atoms with Crippen LogP contribution in [-0.2, 0) is 0 Å². The molecule has 0 bridgehead atoms. The molecule has 1 aromatic rings. The molecule has 1 aliphatic heterocycles. The highest BCUT2D eigenvalue weighted by molar-refractivity contribution is 5.61. The third-order valence-electron chi connectivity index (χ3n) is 3.70. The van der Waals surface area contributed by atoms with Gasteiger partial charge in [-0.25, -0.2) is 0 Å². The molecule has 1 aliphatic rings. The molecule has 20 heavy (non-hydrogen) atoms. The van der Waals surface area contributed by atoms with Crippen molar-refractivity contribution in [2.24, 2.45) is 0 Å². The molecule has 1 unspecified atom stereocenters. The molecule has 1 atom stereocenters. The molecule has 0 aromatic heterocycles. The summed E-state index contributed by atoms with van der Waals surface area (Å²) in [5, 5.41) is 28.8. The normalized spacial score (nSPS) is 18.0. The van der Waals surface area contributed by atoms with Gasteiger partial charge in [-0.05, 0) is 37.8 Å². The molecule has 6 heteroatoms. The number of nitro groups is 1. The number of hydrogen-bond acceptors (Lipinski definition) is 5. The SMILES string of the molecule is N#Cc1ccc(N2CCCC2CCCO)cc1[N+](=O)[O-]. The van der Waals surface area contributed by atoms with Crippen molar-refractivity contribution >= 4 is 11.4 Å². The standard InChI is InChI=1S/C14H17N3O3/c15-10-11-5-6-13(9-14(11)17(19)20)16-7-1-3-12(16)4-2-8-18/h5-6,9,12,18H,1-4,7-8H2. The second-order valence-corrected chi connectivity index (χ2v) is 4.93. The van der Waals surface area contributed by atoms with Gasteiger partial charge < -0.3 is 10.0 Å². The van der Waals surface area contributed by atoms with E-state index in [1.54, 1.807) is 6.07 Å². The van der Waals surface area contributed by atoms with Crippen LogP contribution >= 0.6 is 0 Å². The van der Waals surface area contributed by atoms with Crippen molar-refractivity contribution in [3.8, 4) is 6.07 Å². The molecule has 0 aliphatic carbocycles. The van der Waals surface area contributed by atoms with Gasteiger partial charge in [0.05, 0.1) is 4.92 Å². The Kier molecular flexibility index (Phi) is 4.53. The number of nitro benzene ring substituents is 1. The Morgan fingerprint density at radius 2 is 2.35 bits per heavy atom. The molecule has 1 saturated heterocycles. The zero-order chi connectivity index (χ0) is 14.5. The van der Waals surface area contributed by atoms with Gasteiger partial charge in [-0.1, -0.05) is 0 Å². The average molecular weight is 275 g/mol. The lowest BCUT2D eigenvalue weighted by atomic mass is 10.1. The summed E-state index contributed by atoms with van der Waals surface area (Å²) in [6, 6.07) is 6.92. The summed E-state index contributed by atoms with van der Waals surface area (Å²) in [7, 11) is 0. The van der Waals surface area contributed by atoms with E-state index in [0.717, 1.165) is 37.9 Å². The topological polar surface area (TPSA) is 90.4 Å². The van der Waals surface area contributed by atoms with Crippen molar-refractivity contribution in [3.05, 3.63) is 33.9 Å². The van der Waals surface area contributed by atoms with E-state index in [0.29, 0.717) is 6.04 Å². The van der Waals surface area contributed by atoms with Gasteiger partial charge in [0.2, 0.25) is 0 Å². The third kappa shape index (κ3) is 2.89. The Hall–Kier alpha value is -2.13. The van der Waals surface area contributed by atoms with Gasteiger partial charge in [-0.15, -0.1) is 0 Å². The predicted molar refractivity (Wildman–Crippen MR) is 74.5 cm³/mol. The van der Waals surface area contributed by atoms with E-state index in [1.165, 1.54) is 12.1 Å². The van der Waals surface area contributed by atoms with Crippen LogP contribution < -0.4 is 4.90 Å². The van der Waals surface area contributed by atoms with Crippen LogP contribution in [0.4, 0.5) is 11.4 Å². The molecule has 0 amide bonds. The molecule has 6 nitrogen and oxygen atoms in total. The van der Waals surface area contributed by atoms with E-state index < -0.39 is 4.92 Å². The zero-order valence-corrected chi connectivity index (χ0v) is 11.2. The minimum absolute atomic E-state index is 0.0878. The number of aliphatic hydroxyl groups is 1. The van der Waals surface area contributed by atoms with Crippen molar-refractivity contribution in [2.75, 3.05) is 18.1 Å². The molecule has 1 fully saturated rings. The van der Waals surface area contributed by atoms with Gasteiger partial charge in [0.15, 0.2) is 0 Å². The molecular formula is C14H17N3O3. The van der Waals surface area contributed by atoms with Crippen LogP contribution in [-0.4, -0.2) is 29.2 Å². The molecule has 106 valence electrons. The van der Waals surface area contributed by atoms with E-state index >= 15 is 0 Å². The number of nitriles is 1. The lowest BCUT2D eigenvalue weighted by Gasteiger charge is -2.26. The van der Waals surface area contributed by atoms with Crippen LogP contribution in [0.3, 0.4) is 0 Å². The second-order valence-electron chi connectivity index (χ2n) is 4.93. The van der Waals surface area contributed by atoms with Gasteiger partial charge in [0, 0.05) is 30.9 Å². The number of nitrogens with zero attached hydrogens (tertiary/aromatic N) is 3. The number of anilines is 1. The summed E-state index contributed by atoms with van der Waals surface area (Å²) in [5.41, 5.74) is 0.735. The van der Waals surface area contributed by atoms with Crippen molar-refractivity contribution in [1.29, 1.82) is 5.26 Å². The number of benzene rings is 1. The molecule has 1 aromatic carbocycles. The van der Waals surface area contributed by atoms with E-state index in [9.17, 15) is 10.1 Å². The number of rotatable bonds is 5. The van der Waals surface area contributed by atoms with E-state index in [1.807, 2.05) is 6.07 Å². The highest BCUT2D eigenvalue weighted by atomic mass is 16.6. The molecule has 0 spiro atoms. The molecular weight excluding hydrogens is 258 g/mol. The maximum Gasteiger partial charge on any atom is 0.289 e. The van der Waals surface area contributed by atoms with Crippen LogP contribution in [0, 0.1) is 21.4 Å². The zero-order valence-electron chi connectivity index (χ0n) is 11.2. The fraction of sp³-hybridized carbons (Fsp3) is 0.500.